The molecule has 4 amide bonds. The fourth-order valence-electron chi connectivity index (χ4n) is 3.83. The molecular formula is C21H20ClN3O3. The lowest BCUT2D eigenvalue weighted by Crippen LogP contribution is -2.42. The molecule has 7 heteroatoms. The standard InChI is InChI=1S/C21H20ClN3O3/c1-21(15-9-8-13-4-2-5-14(13)10-15)19(27)25(20(28)24-21)12-18(26)23-17-7-3-6-16(22)11-17/h3,6-11H,2,4-5,12H2,1H3,(H,23,26)(H,24,28). The van der Waals surface area contributed by atoms with E-state index in [1.165, 1.54) is 11.1 Å². The van der Waals surface area contributed by atoms with E-state index in [-0.39, 0.29) is 6.54 Å². The molecule has 1 unspecified atom stereocenters. The second-order valence-electron chi connectivity index (χ2n) is 7.34. The van der Waals surface area contributed by atoms with E-state index < -0.39 is 23.4 Å². The van der Waals surface area contributed by atoms with Crippen LogP contribution >= 0.6 is 11.6 Å². The Morgan fingerprint density at radius 1 is 1.18 bits per heavy atom. The molecule has 0 bridgehead atoms. The second-order valence-corrected chi connectivity index (χ2v) is 7.78. The number of nitrogens with one attached hydrogen (secondary N) is 2. The number of carbonyl (C=O) groups is 3. The molecule has 6 nitrogen and oxygen atoms in total. The Kier molecular flexibility index (Phi) is 4.59. The number of hydrogen-bond acceptors (Lipinski definition) is 3. The second kappa shape index (κ2) is 6.95. The highest BCUT2D eigenvalue weighted by molar-refractivity contribution is 6.30. The quantitative estimate of drug-likeness (QED) is 0.777. The third-order valence-corrected chi connectivity index (χ3v) is 5.60. The van der Waals surface area contributed by atoms with Gasteiger partial charge in [0.1, 0.15) is 12.1 Å². The summed E-state index contributed by atoms with van der Waals surface area (Å²) in [5, 5.41) is 5.89. The average molecular weight is 398 g/mol. The van der Waals surface area contributed by atoms with Gasteiger partial charge in [-0.25, -0.2) is 4.79 Å². The van der Waals surface area contributed by atoms with E-state index in [2.05, 4.69) is 10.6 Å². The van der Waals surface area contributed by atoms with Gasteiger partial charge in [-0.3, -0.25) is 14.5 Å². The number of anilines is 1. The Hall–Kier alpha value is -2.86. The van der Waals surface area contributed by atoms with Crippen LogP contribution in [0.15, 0.2) is 42.5 Å². The van der Waals surface area contributed by atoms with E-state index in [1.807, 2.05) is 18.2 Å². The van der Waals surface area contributed by atoms with Crippen LogP contribution in [0.3, 0.4) is 0 Å². The van der Waals surface area contributed by atoms with Crippen LogP contribution in [-0.4, -0.2) is 29.3 Å². The van der Waals surface area contributed by atoms with Gasteiger partial charge in [0, 0.05) is 10.7 Å². The summed E-state index contributed by atoms with van der Waals surface area (Å²) in [4.78, 5) is 38.8. The van der Waals surface area contributed by atoms with Crippen molar-refractivity contribution < 1.29 is 14.4 Å². The summed E-state index contributed by atoms with van der Waals surface area (Å²) in [6, 6.07) is 12.0. The number of halogens is 1. The first-order chi connectivity index (χ1) is 13.4. The van der Waals surface area contributed by atoms with Crippen LogP contribution in [-0.2, 0) is 28.0 Å². The van der Waals surface area contributed by atoms with Crippen molar-refractivity contribution in [2.75, 3.05) is 11.9 Å². The maximum Gasteiger partial charge on any atom is 0.325 e. The SMILES string of the molecule is CC1(c2ccc3c(c2)CCC3)NC(=O)N(CC(=O)Nc2cccc(Cl)c2)C1=O. The van der Waals surface area contributed by atoms with Crippen molar-refractivity contribution in [2.24, 2.45) is 0 Å². The molecule has 4 rings (SSSR count). The van der Waals surface area contributed by atoms with Crippen molar-refractivity contribution in [1.29, 1.82) is 0 Å². The van der Waals surface area contributed by atoms with E-state index >= 15 is 0 Å². The molecule has 1 aliphatic heterocycles. The third-order valence-electron chi connectivity index (χ3n) is 5.36. The molecule has 1 heterocycles. The summed E-state index contributed by atoms with van der Waals surface area (Å²) >= 11 is 5.91. The zero-order chi connectivity index (χ0) is 19.9. The summed E-state index contributed by atoms with van der Waals surface area (Å²) in [5.41, 5.74) is 2.58. The maximum atomic E-state index is 13.0. The van der Waals surface area contributed by atoms with E-state index in [4.69, 9.17) is 11.6 Å². The smallest absolute Gasteiger partial charge is 0.324 e. The lowest BCUT2D eigenvalue weighted by molar-refractivity contribution is -0.133. The number of rotatable bonds is 4. The van der Waals surface area contributed by atoms with E-state index in [0.29, 0.717) is 10.7 Å². The van der Waals surface area contributed by atoms with Crippen molar-refractivity contribution in [1.82, 2.24) is 10.2 Å². The van der Waals surface area contributed by atoms with Crippen LogP contribution < -0.4 is 10.6 Å². The summed E-state index contributed by atoms with van der Waals surface area (Å²) in [6.45, 7) is 1.32. The number of fused-ring (bicyclic) bond motifs is 1. The van der Waals surface area contributed by atoms with Gasteiger partial charge in [-0.05, 0) is 61.1 Å². The molecule has 28 heavy (non-hydrogen) atoms. The number of carbonyl (C=O) groups excluding carboxylic acids is 3. The minimum Gasteiger partial charge on any atom is -0.324 e. The van der Waals surface area contributed by atoms with Crippen molar-refractivity contribution in [2.45, 2.75) is 31.7 Å². The highest BCUT2D eigenvalue weighted by Gasteiger charge is 2.49. The number of urea groups is 1. The zero-order valence-corrected chi connectivity index (χ0v) is 16.2. The molecule has 0 aromatic heterocycles. The largest absolute Gasteiger partial charge is 0.325 e. The normalized spacial score (nSPS) is 20.9. The molecule has 2 aromatic rings. The Morgan fingerprint density at radius 2 is 1.96 bits per heavy atom. The van der Waals surface area contributed by atoms with Crippen LogP contribution in [0.1, 0.15) is 30.0 Å². The number of hydrogen-bond donors (Lipinski definition) is 2. The highest BCUT2D eigenvalue weighted by Crippen LogP contribution is 2.32. The first-order valence-corrected chi connectivity index (χ1v) is 9.56. The van der Waals surface area contributed by atoms with Gasteiger partial charge >= 0.3 is 6.03 Å². The Bertz CT molecular complexity index is 991. The van der Waals surface area contributed by atoms with Gasteiger partial charge in [-0.15, -0.1) is 0 Å². The summed E-state index contributed by atoms with van der Waals surface area (Å²) in [7, 11) is 0. The van der Waals surface area contributed by atoms with Crippen LogP contribution in [0.2, 0.25) is 5.02 Å². The van der Waals surface area contributed by atoms with E-state index in [9.17, 15) is 14.4 Å². The van der Waals surface area contributed by atoms with Crippen molar-refractivity contribution in [3.8, 4) is 0 Å². The predicted octanol–water partition coefficient (Wildman–Crippen LogP) is 3.23. The number of aryl methyl sites for hydroxylation is 2. The van der Waals surface area contributed by atoms with Crippen LogP contribution in [0.25, 0.3) is 0 Å². The Balaban J connectivity index is 1.51. The molecule has 2 aromatic carbocycles. The summed E-state index contributed by atoms with van der Waals surface area (Å²) < 4.78 is 0. The minimum atomic E-state index is -1.18. The van der Waals surface area contributed by atoms with E-state index in [1.54, 1.807) is 31.2 Å². The predicted molar refractivity (Wildman–Crippen MR) is 106 cm³/mol. The molecule has 0 spiro atoms. The molecule has 0 radical (unpaired) electrons. The van der Waals surface area contributed by atoms with Crippen molar-refractivity contribution in [3.63, 3.8) is 0 Å². The van der Waals surface area contributed by atoms with Crippen molar-refractivity contribution >= 4 is 35.1 Å². The number of benzene rings is 2. The van der Waals surface area contributed by atoms with Gasteiger partial charge in [0.25, 0.3) is 5.91 Å². The highest BCUT2D eigenvalue weighted by atomic mass is 35.5. The van der Waals surface area contributed by atoms with Gasteiger partial charge in [0.15, 0.2) is 0 Å². The lowest BCUT2D eigenvalue weighted by Gasteiger charge is -2.23. The lowest BCUT2D eigenvalue weighted by atomic mass is 9.89. The minimum absolute atomic E-state index is 0.363. The van der Waals surface area contributed by atoms with Gasteiger partial charge in [-0.2, -0.15) is 0 Å². The fraction of sp³-hybridized carbons (Fsp3) is 0.286. The first-order valence-electron chi connectivity index (χ1n) is 9.18. The van der Waals surface area contributed by atoms with E-state index in [0.717, 1.165) is 29.7 Å². The molecule has 1 atom stereocenters. The average Bonchev–Trinajstić information content (AvgIpc) is 3.20. The van der Waals surface area contributed by atoms with Gasteiger partial charge < -0.3 is 10.6 Å². The third kappa shape index (κ3) is 3.24. The van der Waals surface area contributed by atoms with Crippen LogP contribution in [0.5, 0.6) is 0 Å². The molecule has 2 aliphatic rings. The van der Waals surface area contributed by atoms with Gasteiger partial charge in [-0.1, -0.05) is 35.9 Å². The molecule has 144 valence electrons. The maximum absolute atomic E-state index is 13.0. The molecule has 1 aliphatic carbocycles. The zero-order valence-electron chi connectivity index (χ0n) is 15.4. The van der Waals surface area contributed by atoms with Gasteiger partial charge in [0.05, 0.1) is 0 Å². The first kappa shape index (κ1) is 18.5. The number of imide groups is 1. The Morgan fingerprint density at radius 3 is 2.75 bits per heavy atom. The molecule has 1 saturated heterocycles. The Labute approximate surface area is 167 Å². The van der Waals surface area contributed by atoms with Crippen molar-refractivity contribution in [3.05, 3.63) is 64.2 Å². The topological polar surface area (TPSA) is 78.5 Å². The summed E-state index contributed by atoms with van der Waals surface area (Å²) in [6.07, 6.45) is 3.13. The van der Waals surface area contributed by atoms with Gasteiger partial charge in [0.2, 0.25) is 5.91 Å². The molecular weight excluding hydrogens is 378 g/mol. The van der Waals surface area contributed by atoms with Crippen LogP contribution in [0, 0.1) is 0 Å². The number of nitrogens with zero attached hydrogens (tertiary/aromatic N) is 1. The monoisotopic (exact) mass is 397 g/mol. The molecule has 0 saturated carbocycles. The summed E-state index contributed by atoms with van der Waals surface area (Å²) in [5.74, 6) is -0.902. The molecule has 1 fully saturated rings. The van der Waals surface area contributed by atoms with Crippen LogP contribution in [0.4, 0.5) is 10.5 Å². The molecule has 2 N–H and O–H groups in total. The fourth-order valence-corrected chi connectivity index (χ4v) is 4.02. The number of amides is 4.